The molecular weight excluding hydrogens is 308 g/mol. The largest absolute Gasteiger partial charge is 0.478 e. The van der Waals surface area contributed by atoms with Gasteiger partial charge in [-0.15, -0.1) is 0 Å². The summed E-state index contributed by atoms with van der Waals surface area (Å²) >= 11 is 0. The number of carboxylic acids is 1. The van der Waals surface area contributed by atoms with Gasteiger partial charge >= 0.3 is 5.97 Å². The van der Waals surface area contributed by atoms with Gasteiger partial charge in [0.15, 0.2) is 0 Å². The maximum absolute atomic E-state index is 12.3. The Hall–Kier alpha value is -1.64. The Morgan fingerprint density at radius 2 is 2.00 bits per heavy atom. The zero-order valence-corrected chi connectivity index (χ0v) is 13.5. The van der Waals surface area contributed by atoms with Gasteiger partial charge in [0, 0.05) is 19.7 Å². The summed E-state index contributed by atoms with van der Waals surface area (Å²) < 4.78 is 27.0. The molecule has 4 N–H and O–H groups in total. The molecule has 0 aliphatic heterocycles. The summed E-state index contributed by atoms with van der Waals surface area (Å²) in [7, 11) is -3.85. The van der Waals surface area contributed by atoms with E-state index in [1.165, 1.54) is 12.1 Å². The number of carbonyl (C=O) groups is 1. The Morgan fingerprint density at radius 1 is 1.32 bits per heavy atom. The zero-order valence-electron chi connectivity index (χ0n) is 12.7. The molecule has 0 unspecified atom stereocenters. The number of carboxylic acid groups (broad SMARTS) is 1. The predicted molar refractivity (Wildman–Crippen MR) is 83.6 cm³/mol. The molecule has 22 heavy (non-hydrogen) atoms. The molecule has 0 heterocycles. The number of rotatable bonds is 9. The van der Waals surface area contributed by atoms with Crippen LogP contribution in [0.3, 0.4) is 0 Å². The van der Waals surface area contributed by atoms with Crippen LogP contribution in [0.5, 0.6) is 0 Å². The monoisotopic (exact) mass is 330 g/mol. The number of nitrogens with one attached hydrogen (secondary N) is 2. The summed E-state index contributed by atoms with van der Waals surface area (Å²) in [4.78, 5) is 10.9. The SMILES string of the molecule is CC(C)CNc1ccc(C(=O)O)cc1S(=O)(=O)NCCCO. The molecule has 8 heteroatoms. The van der Waals surface area contributed by atoms with Crippen molar-refractivity contribution in [3.8, 4) is 0 Å². The lowest BCUT2D eigenvalue weighted by atomic mass is 10.2. The van der Waals surface area contributed by atoms with Gasteiger partial charge < -0.3 is 15.5 Å². The van der Waals surface area contributed by atoms with Gasteiger partial charge in [0.2, 0.25) is 10.0 Å². The number of hydrogen-bond donors (Lipinski definition) is 4. The molecular formula is C14H22N2O5S. The minimum atomic E-state index is -3.85. The van der Waals surface area contributed by atoms with Gasteiger partial charge in [0.1, 0.15) is 4.90 Å². The van der Waals surface area contributed by atoms with Crippen LogP contribution in [-0.4, -0.2) is 44.3 Å². The average molecular weight is 330 g/mol. The highest BCUT2D eigenvalue weighted by Gasteiger charge is 2.20. The van der Waals surface area contributed by atoms with E-state index in [2.05, 4.69) is 10.0 Å². The third-order valence-corrected chi connectivity index (χ3v) is 4.35. The molecule has 0 fully saturated rings. The third kappa shape index (κ3) is 5.28. The maximum atomic E-state index is 12.3. The molecule has 0 aliphatic carbocycles. The second-order valence-electron chi connectivity index (χ2n) is 5.27. The van der Waals surface area contributed by atoms with Crippen LogP contribution in [-0.2, 0) is 10.0 Å². The van der Waals surface area contributed by atoms with Gasteiger partial charge in [-0.2, -0.15) is 0 Å². The van der Waals surface area contributed by atoms with Gasteiger partial charge in [-0.1, -0.05) is 13.8 Å². The van der Waals surface area contributed by atoms with Gasteiger partial charge in [-0.3, -0.25) is 0 Å². The van der Waals surface area contributed by atoms with Crippen molar-refractivity contribution in [1.29, 1.82) is 0 Å². The van der Waals surface area contributed by atoms with Crippen molar-refractivity contribution in [2.24, 2.45) is 5.92 Å². The van der Waals surface area contributed by atoms with E-state index in [1.54, 1.807) is 0 Å². The fourth-order valence-electron chi connectivity index (χ4n) is 1.70. The van der Waals surface area contributed by atoms with Crippen molar-refractivity contribution < 1.29 is 23.4 Å². The van der Waals surface area contributed by atoms with Crippen LogP contribution in [0, 0.1) is 5.92 Å². The molecule has 7 nitrogen and oxygen atoms in total. The van der Waals surface area contributed by atoms with E-state index < -0.39 is 16.0 Å². The Balaban J connectivity index is 3.15. The van der Waals surface area contributed by atoms with E-state index in [-0.39, 0.29) is 30.0 Å². The molecule has 0 atom stereocenters. The van der Waals surface area contributed by atoms with Crippen LogP contribution in [0.25, 0.3) is 0 Å². The summed E-state index contributed by atoms with van der Waals surface area (Å²) in [5, 5.41) is 20.8. The van der Waals surface area contributed by atoms with Gasteiger partial charge in [-0.25, -0.2) is 17.9 Å². The number of benzene rings is 1. The summed E-state index contributed by atoms with van der Waals surface area (Å²) in [6, 6.07) is 3.94. The molecule has 0 saturated heterocycles. The van der Waals surface area contributed by atoms with Crippen molar-refractivity contribution in [3.05, 3.63) is 23.8 Å². The van der Waals surface area contributed by atoms with E-state index in [9.17, 15) is 13.2 Å². The lowest BCUT2D eigenvalue weighted by Gasteiger charge is -2.15. The van der Waals surface area contributed by atoms with Crippen LogP contribution in [0.15, 0.2) is 23.1 Å². The van der Waals surface area contributed by atoms with Crippen LogP contribution < -0.4 is 10.0 Å². The number of aliphatic hydroxyl groups is 1. The van der Waals surface area contributed by atoms with E-state index in [1.807, 2.05) is 13.8 Å². The number of sulfonamides is 1. The standard InChI is InChI=1S/C14H22N2O5S/c1-10(2)9-15-12-5-4-11(14(18)19)8-13(12)22(20,21)16-6-3-7-17/h4-5,8,10,15-17H,3,6-7,9H2,1-2H3,(H,18,19). The molecule has 0 saturated carbocycles. The number of aliphatic hydroxyl groups excluding tert-OH is 1. The van der Waals surface area contributed by atoms with Crippen molar-refractivity contribution in [1.82, 2.24) is 4.72 Å². The zero-order chi connectivity index (χ0) is 16.8. The quantitative estimate of drug-likeness (QED) is 0.504. The number of aromatic carboxylic acids is 1. The molecule has 1 aromatic carbocycles. The first-order valence-electron chi connectivity index (χ1n) is 6.99. The smallest absolute Gasteiger partial charge is 0.335 e. The Kier molecular flexibility index (Phi) is 6.79. The Labute approximate surface area is 130 Å². The van der Waals surface area contributed by atoms with E-state index in [0.717, 1.165) is 6.07 Å². The second kappa shape index (κ2) is 8.11. The van der Waals surface area contributed by atoms with Crippen LogP contribution in [0.4, 0.5) is 5.69 Å². The number of anilines is 1. The van der Waals surface area contributed by atoms with Crippen molar-refractivity contribution >= 4 is 21.7 Å². The molecule has 0 radical (unpaired) electrons. The fourth-order valence-corrected chi connectivity index (χ4v) is 2.98. The van der Waals surface area contributed by atoms with Crippen LogP contribution in [0.2, 0.25) is 0 Å². The van der Waals surface area contributed by atoms with Crippen molar-refractivity contribution in [2.75, 3.05) is 25.0 Å². The highest BCUT2D eigenvalue weighted by atomic mass is 32.2. The fraction of sp³-hybridized carbons (Fsp3) is 0.500. The lowest BCUT2D eigenvalue weighted by Crippen LogP contribution is -2.27. The molecule has 0 amide bonds. The molecule has 0 spiro atoms. The molecule has 1 rings (SSSR count). The lowest BCUT2D eigenvalue weighted by molar-refractivity contribution is 0.0696. The summed E-state index contributed by atoms with van der Waals surface area (Å²) in [5.41, 5.74) is 0.257. The van der Waals surface area contributed by atoms with Crippen molar-refractivity contribution in [2.45, 2.75) is 25.2 Å². The van der Waals surface area contributed by atoms with Gasteiger partial charge in [0.05, 0.1) is 11.3 Å². The van der Waals surface area contributed by atoms with E-state index in [0.29, 0.717) is 18.2 Å². The Morgan fingerprint density at radius 3 is 2.55 bits per heavy atom. The van der Waals surface area contributed by atoms with E-state index >= 15 is 0 Å². The summed E-state index contributed by atoms with van der Waals surface area (Å²) in [5.74, 6) is -0.890. The predicted octanol–water partition coefficient (Wildman–Crippen LogP) is 1.11. The maximum Gasteiger partial charge on any atom is 0.335 e. The summed E-state index contributed by atoms with van der Waals surface area (Å²) in [6.07, 6.45) is 0.284. The molecule has 1 aromatic rings. The average Bonchev–Trinajstić information content (AvgIpc) is 2.44. The summed E-state index contributed by atoms with van der Waals surface area (Å²) in [6.45, 7) is 4.47. The third-order valence-electron chi connectivity index (χ3n) is 2.85. The molecule has 124 valence electrons. The van der Waals surface area contributed by atoms with E-state index in [4.69, 9.17) is 10.2 Å². The second-order valence-corrected chi connectivity index (χ2v) is 7.00. The number of hydrogen-bond acceptors (Lipinski definition) is 5. The molecule has 0 bridgehead atoms. The van der Waals surface area contributed by atoms with Crippen LogP contribution in [0.1, 0.15) is 30.6 Å². The molecule has 0 aliphatic rings. The van der Waals surface area contributed by atoms with Gasteiger partial charge in [0.25, 0.3) is 0 Å². The minimum Gasteiger partial charge on any atom is -0.478 e. The Bertz CT molecular complexity index is 614. The first kappa shape index (κ1) is 18.4. The first-order chi connectivity index (χ1) is 10.3. The minimum absolute atomic E-state index is 0.0831. The topological polar surface area (TPSA) is 116 Å². The normalized spacial score (nSPS) is 11.6. The van der Waals surface area contributed by atoms with Crippen molar-refractivity contribution in [3.63, 3.8) is 0 Å². The van der Waals surface area contributed by atoms with Crippen LogP contribution >= 0.6 is 0 Å². The highest BCUT2D eigenvalue weighted by Crippen LogP contribution is 2.23. The highest BCUT2D eigenvalue weighted by molar-refractivity contribution is 7.89. The van der Waals surface area contributed by atoms with Gasteiger partial charge in [-0.05, 0) is 30.5 Å². The molecule has 0 aromatic heterocycles. The first-order valence-corrected chi connectivity index (χ1v) is 8.48.